The van der Waals surface area contributed by atoms with Crippen molar-refractivity contribution < 1.29 is 18.4 Å². The summed E-state index contributed by atoms with van der Waals surface area (Å²) < 4.78 is 26.8. The molecule has 0 aliphatic carbocycles. The molecule has 178 valence electrons. The molecule has 0 saturated carbocycles. The molecular weight excluding hydrogens is 434 g/mol. The number of unbranched alkanes of at least 4 members (excludes halogenated alkanes) is 1. The van der Waals surface area contributed by atoms with Crippen molar-refractivity contribution in [3.05, 3.63) is 107 Å². The number of benzene rings is 3. The third-order valence-corrected chi connectivity index (χ3v) is 5.64. The number of halogens is 2. The lowest BCUT2D eigenvalue weighted by atomic mass is 10.0. The number of hydrogen-bond acceptors (Lipinski definition) is 2. The van der Waals surface area contributed by atoms with Gasteiger partial charge in [0.15, 0.2) is 0 Å². The largest absolute Gasteiger partial charge is 0.354 e. The highest BCUT2D eigenvalue weighted by atomic mass is 19.1. The second kappa shape index (κ2) is 12.6. The van der Waals surface area contributed by atoms with Gasteiger partial charge in [-0.1, -0.05) is 67.9 Å². The SMILES string of the molecule is CCCCNC(=O)C(Cc1ccccc1)N(Cc1ccc(F)cc1)C(=O)Cc1ccc(F)cc1. The Kier molecular flexibility index (Phi) is 9.32. The summed E-state index contributed by atoms with van der Waals surface area (Å²) in [7, 11) is 0. The summed E-state index contributed by atoms with van der Waals surface area (Å²) in [6.07, 6.45) is 2.14. The third kappa shape index (κ3) is 7.51. The first-order chi connectivity index (χ1) is 16.5. The quantitative estimate of drug-likeness (QED) is 0.403. The highest BCUT2D eigenvalue weighted by Gasteiger charge is 2.30. The average molecular weight is 465 g/mol. The van der Waals surface area contributed by atoms with E-state index in [4.69, 9.17) is 0 Å². The van der Waals surface area contributed by atoms with Crippen LogP contribution >= 0.6 is 0 Å². The normalized spacial score (nSPS) is 11.6. The monoisotopic (exact) mass is 464 g/mol. The van der Waals surface area contributed by atoms with Crippen LogP contribution in [0.4, 0.5) is 8.78 Å². The Morgan fingerprint density at radius 2 is 1.41 bits per heavy atom. The zero-order valence-electron chi connectivity index (χ0n) is 19.3. The van der Waals surface area contributed by atoms with Crippen LogP contribution in [0.1, 0.15) is 36.5 Å². The molecule has 3 rings (SSSR count). The van der Waals surface area contributed by atoms with Crippen molar-refractivity contribution in [2.45, 2.75) is 45.2 Å². The summed E-state index contributed by atoms with van der Waals surface area (Å²) in [6.45, 7) is 2.72. The maximum atomic E-state index is 13.5. The minimum Gasteiger partial charge on any atom is -0.354 e. The molecule has 0 aromatic heterocycles. The van der Waals surface area contributed by atoms with E-state index in [1.165, 1.54) is 24.3 Å². The number of carbonyl (C=O) groups excluding carboxylic acids is 2. The fourth-order valence-corrected chi connectivity index (χ4v) is 3.73. The van der Waals surface area contributed by atoms with Crippen LogP contribution in [-0.2, 0) is 29.0 Å². The number of rotatable bonds is 11. The van der Waals surface area contributed by atoms with Crippen molar-refractivity contribution >= 4 is 11.8 Å². The van der Waals surface area contributed by atoms with E-state index in [2.05, 4.69) is 5.32 Å². The molecule has 0 aliphatic rings. The molecule has 0 spiro atoms. The van der Waals surface area contributed by atoms with E-state index in [-0.39, 0.29) is 36.4 Å². The fourth-order valence-electron chi connectivity index (χ4n) is 3.73. The Morgan fingerprint density at radius 1 is 0.824 bits per heavy atom. The predicted molar refractivity (Wildman–Crippen MR) is 129 cm³/mol. The topological polar surface area (TPSA) is 49.4 Å². The Labute approximate surface area is 199 Å². The minimum atomic E-state index is -0.753. The van der Waals surface area contributed by atoms with E-state index in [0.29, 0.717) is 24.1 Å². The van der Waals surface area contributed by atoms with Crippen LogP contribution in [0.25, 0.3) is 0 Å². The van der Waals surface area contributed by atoms with Crippen LogP contribution in [0, 0.1) is 11.6 Å². The molecule has 0 bridgehead atoms. The molecule has 0 heterocycles. The van der Waals surface area contributed by atoms with Gasteiger partial charge in [-0.25, -0.2) is 8.78 Å². The van der Waals surface area contributed by atoms with Gasteiger partial charge < -0.3 is 10.2 Å². The molecule has 6 heteroatoms. The highest BCUT2D eigenvalue weighted by Crippen LogP contribution is 2.17. The maximum absolute atomic E-state index is 13.5. The van der Waals surface area contributed by atoms with Gasteiger partial charge in [0.25, 0.3) is 0 Å². The van der Waals surface area contributed by atoms with E-state index in [1.54, 1.807) is 29.2 Å². The molecule has 1 unspecified atom stereocenters. The molecule has 2 amide bonds. The highest BCUT2D eigenvalue weighted by molar-refractivity contribution is 5.88. The van der Waals surface area contributed by atoms with E-state index >= 15 is 0 Å². The van der Waals surface area contributed by atoms with Crippen LogP contribution in [-0.4, -0.2) is 29.3 Å². The number of nitrogens with one attached hydrogen (secondary N) is 1. The molecular formula is C28H30F2N2O2. The van der Waals surface area contributed by atoms with Crippen molar-refractivity contribution in [2.75, 3.05) is 6.54 Å². The van der Waals surface area contributed by atoms with Gasteiger partial charge in [0.05, 0.1) is 6.42 Å². The van der Waals surface area contributed by atoms with Gasteiger partial charge in [0.2, 0.25) is 11.8 Å². The molecule has 0 fully saturated rings. The standard InChI is InChI=1S/C28H30F2N2O2/c1-2-3-17-31-28(34)26(18-21-7-5-4-6-8-21)32(20-23-11-15-25(30)16-12-23)27(33)19-22-9-13-24(29)14-10-22/h4-16,26H,2-3,17-20H2,1H3,(H,31,34). The fraction of sp³-hybridized carbons (Fsp3) is 0.286. The molecule has 34 heavy (non-hydrogen) atoms. The van der Waals surface area contributed by atoms with E-state index in [9.17, 15) is 18.4 Å². The van der Waals surface area contributed by atoms with Gasteiger partial charge in [-0.2, -0.15) is 0 Å². The van der Waals surface area contributed by atoms with E-state index in [1.807, 2.05) is 37.3 Å². The van der Waals surface area contributed by atoms with E-state index in [0.717, 1.165) is 18.4 Å². The van der Waals surface area contributed by atoms with Crippen molar-refractivity contribution in [3.63, 3.8) is 0 Å². The molecule has 4 nitrogen and oxygen atoms in total. The summed E-state index contributed by atoms with van der Waals surface area (Å²) in [6, 6.07) is 20.4. The first-order valence-corrected chi connectivity index (χ1v) is 11.6. The second-order valence-corrected chi connectivity index (χ2v) is 8.30. The Morgan fingerprint density at radius 3 is 2.00 bits per heavy atom. The Bertz CT molecular complexity index is 1050. The van der Waals surface area contributed by atoms with Gasteiger partial charge in [0.1, 0.15) is 17.7 Å². The third-order valence-electron chi connectivity index (χ3n) is 5.64. The second-order valence-electron chi connectivity index (χ2n) is 8.30. The van der Waals surface area contributed by atoms with Crippen molar-refractivity contribution in [1.29, 1.82) is 0 Å². The molecule has 3 aromatic carbocycles. The van der Waals surface area contributed by atoms with Crippen molar-refractivity contribution in [1.82, 2.24) is 10.2 Å². The zero-order chi connectivity index (χ0) is 24.3. The molecule has 3 aromatic rings. The minimum absolute atomic E-state index is 0.0228. The molecule has 1 atom stereocenters. The lowest BCUT2D eigenvalue weighted by Crippen LogP contribution is -2.51. The predicted octanol–water partition coefficient (Wildman–Crippen LogP) is 5.06. The molecule has 1 N–H and O–H groups in total. The smallest absolute Gasteiger partial charge is 0.243 e. The van der Waals surface area contributed by atoms with Crippen LogP contribution in [0.3, 0.4) is 0 Å². The first kappa shape index (κ1) is 25.1. The van der Waals surface area contributed by atoms with Gasteiger partial charge in [-0.3, -0.25) is 9.59 Å². The summed E-state index contributed by atoms with van der Waals surface area (Å²) in [5, 5.41) is 2.96. The maximum Gasteiger partial charge on any atom is 0.243 e. The summed E-state index contributed by atoms with van der Waals surface area (Å²) in [5.74, 6) is -1.24. The van der Waals surface area contributed by atoms with Crippen LogP contribution in [0.15, 0.2) is 78.9 Å². The lowest BCUT2D eigenvalue weighted by Gasteiger charge is -2.31. The number of nitrogens with zero attached hydrogens (tertiary/aromatic N) is 1. The summed E-state index contributed by atoms with van der Waals surface area (Å²) >= 11 is 0. The van der Waals surface area contributed by atoms with Gasteiger partial charge >= 0.3 is 0 Å². The summed E-state index contributed by atoms with van der Waals surface area (Å²) in [4.78, 5) is 28.4. The Hall–Kier alpha value is -3.54. The number of hydrogen-bond donors (Lipinski definition) is 1. The summed E-state index contributed by atoms with van der Waals surface area (Å²) in [5.41, 5.74) is 2.30. The first-order valence-electron chi connectivity index (χ1n) is 11.6. The van der Waals surface area contributed by atoms with Crippen LogP contribution < -0.4 is 5.32 Å². The zero-order valence-corrected chi connectivity index (χ0v) is 19.3. The van der Waals surface area contributed by atoms with Gasteiger partial charge in [-0.15, -0.1) is 0 Å². The molecule has 0 radical (unpaired) electrons. The van der Waals surface area contributed by atoms with Crippen LogP contribution in [0.5, 0.6) is 0 Å². The van der Waals surface area contributed by atoms with Gasteiger partial charge in [-0.05, 0) is 47.4 Å². The lowest BCUT2D eigenvalue weighted by molar-refractivity contribution is -0.140. The Balaban J connectivity index is 1.92. The van der Waals surface area contributed by atoms with Crippen molar-refractivity contribution in [2.24, 2.45) is 0 Å². The van der Waals surface area contributed by atoms with Crippen LogP contribution in [0.2, 0.25) is 0 Å². The number of amides is 2. The number of carbonyl (C=O) groups is 2. The molecule has 0 aliphatic heterocycles. The molecule has 0 saturated heterocycles. The average Bonchev–Trinajstić information content (AvgIpc) is 2.84. The van der Waals surface area contributed by atoms with Crippen molar-refractivity contribution in [3.8, 4) is 0 Å². The van der Waals surface area contributed by atoms with Gasteiger partial charge in [0, 0.05) is 19.5 Å². The van der Waals surface area contributed by atoms with E-state index < -0.39 is 6.04 Å².